The van der Waals surface area contributed by atoms with Crippen molar-refractivity contribution in [1.29, 1.82) is 0 Å². The van der Waals surface area contributed by atoms with Crippen molar-refractivity contribution in [3.63, 3.8) is 0 Å². The quantitative estimate of drug-likeness (QED) is 0.477. The molecule has 0 spiro atoms. The molecule has 2 aliphatic heterocycles. The number of rotatable bonds is 6. The molecule has 2 saturated heterocycles. The Morgan fingerprint density at radius 1 is 1.18 bits per heavy atom. The van der Waals surface area contributed by atoms with Crippen molar-refractivity contribution in [2.24, 2.45) is 0 Å². The van der Waals surface area contributed by atoms with Crippen LogP contribution in [0.3, 0.4) is 0 Å². The highest BCUT2D eigenvalue weighted by Crippen LogP contribution is 2.31. The molecule has 200 valence electrons. The lowest BCUT2D eigenvalue weighted by atomic mass is 10.2. The van der Waals surface area contributed by atoms with Gasteiger partial charge in [0.25, 0.3) is 5.91 Å². The number of aromatic nitrogens is 3. The number of cyclic esters (lactones) is 1. The van der Waals surface area contributed by atoms with Gasteiger partial charge < -0.3 is 25.0 Å². The number of amides is 3. The highest BCUT2D eigenvalue weighted by atomic mass is 19.1. The molecule has 2 fully saturated rings. The lowest BCUT2D eigenvalue weighted by Gasteiger charge is -2.36. The van der Waals surface area contributed by atoms with E-state index >= 15 is 0 Å². The third-order valence-electron chi connectivity index (χ3n) is 6.56. The first kappa shape index (κ1) is 25.3. The maximum Gasteiger partial charge on any atom is 0.414 e. The molecule has 0 unspecified atom stereocenters. The van der Waals surface area contributed by atoms with Gasteiger partial charge in [-0.15, -0.1) is 0 Å². The molecule has 4 heterocycles. The van der Waals surface area contributed by atoms with Crippen LogP contribution in [-0.4, -0.2) is 94.3 Å². The molecule has 0 bridgehead atoms. The number of nitrogens with one attached hydrogen (secondary N) is 1. The van der Waals surface area contributed by atoms with Crippen molar-refractivity contribution in [3.05, 3.63) is 53.7 Å². The Labute approximate surface area is 215 Å². The highest BCUT2D eigenvalue weighted by molar-refractivity contribution is 5.96. The van der Waals surface area contributed by atoms with E-state index in [-0.39, 0.29) is 56.6 Å². The number of piperazine rings is 1. The predicted octanol–water partition coefficient (Wildman–Crippen LogP) is 0.712. The molecule has 14 heteroatoms. The number of hydrogen-bond acceptors (Lipinski definition) is 8. The molecular formula is C24H25F2N7O5. The van der Waals surface area contributed by atoms with Gasteiger partial charge in [0.2, 0.25) is 5.91 Å². The molecule has 0 aliphatic carbocycles. The molecule has 38 heavy (non-hydrogen) atoms. The number of carbonyl (C=O) groups excluding carboxylic acids is 3. The van der Waals surface area contributed by atoms with Crippen LogP contribution < -0.4 is 15.1 Å². The zero-order valence-electron chi connectivity index (χ0n) is 20.4. The second kappa shape index (κ2) is 10.2. The summed E-state index contributed by atoms with van der Waals surface area (Å²) in [6.07, 6.45) is 3.12. The molecular weight excluding hydrogens is 504 g/mol. The number of aliphatic hydroxyl groups excluding tert-OH is 1. The zero-order chi connectivity index (χ0) is 27.0. The van der Waals surface area contributed by atoms with E-state index in [2.05, 4.69) is 15.3 Å². The Hall–Kier alpha value is -4.33. The van der Waals surface area contributed by atoms with E-state index in [4.69, 9.17) is 4.74 Å². The first-order chi connectivity index (χ1) is 18.3. The van der Waals surface area contributed by atoms with Crippen molar-refractivity contribution in [2.75, 3.05) is 55.7 Å². The summed E-state index contributed by atoms with van der Waals surface area (Å²) >= 11 is 0. The van der Waals surface area contributed by atoms with Gasteiger partial charge in [-0.3, -0.25) is 23.9 Å². The summed E-state index contributed by atoms with van der Waals surface area (Å²) < 4.78 is 36.4. The maximum absolute atomic E-state index is 14.9. The number of fused-ring (bicyclic) bond motifs is 1. The molecule has 0 saturated carbocycles. The monoisotopic (exact) mass is 529 g/mol. The number of imidazole rings is 1. The van der Waals surface area contributed by atoms with Crippen LogP contribution in [0.25, 0.3) is 5.65 Å². The Kier molecular flexibility index (Phi) is 6.80. The fraction of sp³-hybridized carbons (Fsp3) is 0.375. The third kappa shape index (κ3) is 4.69. The molecule has 12 nitrogen and oxygen atoms in total. The molecule has 2 aromatic heterocycles. The van der Waals surface area contributed by atoms with Crippen LogP contribution in [0.5, 0.6) is 0 Å². The minimum absolute atomic E-state index is 0.00767. The van der Waals surface area contributed by atoms with Crippen molar-refractivity contribution < 1.29 is 33.0 Å². The van der Waals surface area contributed by atoms with Crippen LogP contribution >= 0.6 is 0 Å². The number of anilines is 2. The number of ether oxygens (including phenoxy) is 1. The van der Waals surface area contributed by atoms with Gasteiger partial charge in [-0.2, -0.15) is 0 Å². The number of carbonyl (C=O) groups is 3. The molecule has 5 rings (SSSR count). The first-order valence-electron chi connectivity index (χ1n) is 11.9. The van der Waals surface area contributed by atoms with Crippen molar-refractivity contribution in [1.82, 2.24) is 24.6 Å². The van der Waals surface area contributed by atoms with Gasteiger partial charge >= 0.3 is 6.09 Å². The molecule has 2 N–H and O–H groups in total. The van der Waals surface area contributed by atoms with Crippen LogP contribution in [0.15, 0.2) is 30.7 Å². The van der Waals surface area contributed by atoms with Gasteiger partial charge in [0.15, 0.2) is 17.3 Å². The van der Waals surface area contributed by atoms with Crippen LogP contribution in [-0.2, 0) is 9.53 Å². The van der Waals surface area contributed by atoms with Gasteiger partial charge in [0, 0.05) is 50.7 Å². The average molecular weight is 530 g/mol. The predicted molar refractivity (Wildman–Crippen MR) is 130 cm³/mol. The van der Waals surface area contributed by atoms with Crippen molar-refractivity contribution in [3.8, 4) is 0 Å². The topological polar surface area (TPSA) is 133 Å². The SMILES string of the molecule is Cc1nc2cnccn2c1C(=O)NCC(=O)N1CCN(c2c(F)cc(N3C[C@H](CO)OC3=O)cc2F)CC1. The van der Waals surface area contributed by atoms with E-state index in [9.17, 15) is 28.3 Å². The van der Waals surface area contributed by atoms with E-state index in [1.165, 1.54) is 22.2 Å². The summed E-state index contributed by atoms with van der Waals surface area (Å²) in [5, 5.41) is 11.8. The van der Waals surface area contributed by atoms with Gasteiger partial charge in [-0.05, 0) is 6.92 Å². The number of aliphatic hydroxyl groups is 1. The van der Waals surface area contributed by atoms with E-state index < -0.39 is 36.3 Å². The maximum atomic E-state index is 14.9. The molecule has 1 aromatic carbocycles. The highest BCUT2D eigenvalue weighted by Gasteiger charge is 2.34. The number of aryl methyl sites for hydroxylation is 1. The van der Waals surface area contributed by atoms with Crippen LogP contribution in [0.4, 0.5) is 25.0 Å². The molecule has 2 aliphatic rings. The second-order valence-electron chi connectivity index (χ2n) is 8.96. The summed E-state index contributed by atoms with van der Waals surface area (Å²) in [7, 11) is 0. The lowest BCUT2D eigenvalue weighted by molar-refractivity contribution is -0.130. The van der Waals surface area contributed by atoms with E-state index in [0.717, 1.165) is 17.0 Å². The minimum Gasteiger partial charge on any atom is -0.441 e. The molecule has 3 amide bonds. The van der Waals surface area contributed by atoms with Crippen LogP contribution in [0, 0.1) is 18.6 Å². The Balaban J connectivity index is 1.18. The Bertz CT molecular complexity index is 1380. The molecule has 3 aromatic rings. The van der Waals surface area contributed by atoms with Crippen molar-refractivity contribution >= 4 is 34.9 Å². The average Bonchev–Trinajstić information content (AvgIpc) is 3.45. The zero-order valence-corrected chi connectivity index (χ0v) is 20.4. The summed E-state index contributed by atoms with van der Waals surface area (Å²) in [4.78, 5) is 49.7. The number of nitrogens with zero attached hydrogens (tertiary/aromatic N) is 6. The normalized spacial score (nSPS) is 17.7. The fourth-order valence-corrected chi connectivity index (χ4v) is 4.67. The number of benzene rings is 1. The second-order valence-corrected chi connectivity index (χ2v) is 8.96. The lowest BCUT2D eigenvalue weighted by Crippen LogP contribution is -2.51. The summed E-state index contributed by atoms with van der Waals surface area (Å²) in [5.74, 6) is -2.49. The summed E-state index contributed by atoms with van der Waals surface area (Å²) in [6, 6.07) is 2.09. The van der Waals surface area contributed by atoms with E-state index in [1.54, 1.807) is 17.5 Å². The standard InChI is InChI=1S/C24H25F2N7O5/c1-14-21(32-3-2-27-10-19(32)29-14)23(36)28-11-20(35)30-4-6-31(7-5-30)22-17(25)8-15(9-18(22)26)33-12-16(13-34)38-24(33)37/h2-3,8-10,16,34H,4-7,11-13H2,1H3,(H,28,36)/t16-/m1/s1. The van der Waals surface area contributed by atoms with Crippen LogP contribution in [0.1, 0.15) is 16.2 Å². The number of halogens is 2. The molecule has 0 radical (unpaired) electrons. The minimum atomic E-state index is -0.856. The van der Waals surface area contributed by atoms with Gasteiger partial charge in [0.05, 0.1) is 37.3 Å². The summed E-state index contributed by atoms with van der Waals surface area (Å²) in [5.41, 5.74) is 1.06. The molecule has 1 atom stereocenters. The van der Waals surface area contributed by atoms with Gasteiger partial charge in [0.1, 0.15) is 17.5 Å². The van der Waals surface area contributed by atoms with E-state index in [0.29, 0.717) is 17.0 Å². The van der Waals surface area contributed by atoms with Gasteiger partial charge in [-0.1, -0.05) is 0 Å². The van der Waals surface area contributed by atoms with Crippen LogP contribution in [0.2, 0.25) is 0 Å². The van der Waals surface area contributed by atoms with Crippen molar-refractivity contribution in [2.45, 2.75) is 13.0 Å². The van der Waals surface area contributed by atoms with E-state index in [1.807, 2.05) is 0 Å². The Morgan fingerprint density at radius 2 is 1.89 bits per heavy atom. The summed E-state index contributed by atoms with van der Waals surface area (Å²) in [6.45, 7) is 1.79. The smallest absolute Gasteiger partial charge is 0.414 e. The third-order valence-corrected chi connectivity index (χ3v) is 6.56. The fourth-order valence-electron chi connectivity index (χ4n) is 4.67. The van der Waals surface area contributed by atoms with Gasteiger partial charge in [-0.25, -0.2) is 18.6 Å². The number of hydrogen-bond donors (Lipinski definition) is 2. The largest absolute Gasteiger partial charge is 0.441 e. The first-order valence-corrected chi connectivity index (χ1v) is 11.9. The Morgan fingerprint density at radius 3 is 2.55 bits per heavy atom.